The van der Waals surface area contributed by atoms with E-state index in [-0.39, 0.29) is 33.9 Å². The molecule has 0 aliphatic rings. The average Bonchev–Trinajstić information content (AvgIpc) is 1.61. The van der Waals surface area contributed by atoms with Gasteiger partial charge in [0.2, 0.25) is 4.38 Å². The zero-order valence-electron chi connectivity index (χ0n) is 3.76. The maximum absolute atomic E-state index is 4.67. The molecule has 0 unspecified atom stereocenters. The first-order valence-corrected chi connectivity index (χ1v) is 2.59. The molecule has 0 aromatic rings. The van der Waals surface area contributed by atoms with Gasteiger partial charge in [0.25, 0.3) is 0 Å². The van der Waals surface area contributed by atoms with Gasteiger partial charge in [0, 0.05) is 0 Å². The van der Waals surface area contributed by atoms with Crippen LogP contribution in [0.4, 0.5) is 0 Å². The van der Waals surface area contributed by atoms with Crippen molar-refractivity contribution in [2.75, 3.05) is 6.61 Å². The van der Waals surface area contributed by atoms with E-state index in [0.717, 1.165) is 0 Å². The first-order chi connectivity index (χ1) is 3.27. The summed E-state index contributed by atoms with van der Waals surface area (Å²) in [6.07, 6.45) is 1.61. The summed E-state index contributed by atoms with van der Waals surface area (Å²) in [6.45, 7) is 3.86. The second kappa shape index (κ2) is 7.98. The molecule has 0 bridgehead atoms. The predicted octanol–water partition coefficient (Wildman–Crippen LogP) is 0.755. The summed E-state index contributed by atoms with van der Waals surface area (Å²) in [6, 6.07) is 0. The molecular formula is C4H7NaOS2. The van der Waals surface area contributed by atoms with Crippen LogP contribution in [0.3, 0.4) is 0 Å². The van der Waals surface area contributed by atoms with Crippen LogP contribution in [0.15, 0.2) is 12.7 Å². The van der Waals surface area contributed by atoms with Crippen LogP contribution in [0.25, 0.3) is 0 Å². The zero-order valence-corrected chi connectivity index (χ0v) is 5.47. The fraction of sp³-hybridized carbons (Fsp3) is 0.250. The van der Waals surface area contributed by atoms with Crippen molar-refractivity contribution in [3.63, 3.8) is 0 Å². The standard InChI is InChI=1S/C4H6OS2.Na.H/c1-2-3-5-4(6)7;;/h2H,1,3H2,(H,6,7);;. The van der Waals surface area contributed by atoms with Gasteiger partial charge in [-0.25, -0.2) is 0 Å². The van der Waals surface area contributed by atoms with Crippen LogP contribution in [0.2, 0.25) is 0 Å². The minimum absolute atomic E-state index is 0. The monoisotopic (exact) mass is 158 g/mol. The Morgan fingerprint density at radius 1 is 1.88 bits per heavy atom. The van der Waals surface area contributed by atoms with Crippen molar-refractivity contribution in [1.29, 1.82) is 0 Å². The van der Waals surface area contributed by atoms with Gasteiger partial charge in [0.1, 0.15) is 6.61 Å². The molecule has 0 amide bonds. The molecule has 0 radical (unpaired) electrons. The Bertz CT molecular complexity index is 84.1. The molecule has 0 saturated heterocycles. The molecule has 4 heteroatoms. The molecule has 0 atom stereocenters. The summed E-state index contributed by atoms with van der Waals surface area (Å²) in [5.74, 6) is 0. The Balaban J connectivity index is 0. The molecule has 0 aromatic carbocycles. The molecule has 0 aliphatic heterocycles. The van der Waals surface area contributed by atoms with Crippen molar-refractivity contribution in [1.82, 2.24) is 0 Å². The molecule has 0 N–H and O–H groups in total. The van der Waals surface area contributed by atoms with Crippen molar-refractivity contribution < 1.29 is 4.74 Å². The second-order valence-corrected chi connectivity index (χ2v) is 1.95. The first kappa shape index (κ1) is 11.7. The number of rotatable bonds is 2. The Hall–Kier alpha value is 0.980. The fourth-order valence-corrected chi connectivity index (χ4v) is 0.273. The van der Waals surface area contributed by atoms with Crippen LogP contribution >= 0.6 is 24.8 Å². The third kappa shape index (κ3) is 10.1. The van der Waals surface area contributed by atoms with Gasteiger partial charge in [-0.05, 0) is 12.2 Å². The normalized spacial score (nSPS) is 6.62. The molecule has 42 valence electrons. The Kier molecular flexibility index (Phi) is 11.7. The number of ether oxygens (including phenoxy) is 1. The summed E-state index contributed by atoms with van der Waals surface area (Å²) in [7, 11) is 0. The fourth-order valence-electron chi connectivity index (χ4n) is 0.130. The van der Waals surface area contributed by atoms with Gasteiger partial charge >= 0.3 is 29.6 Å². The summed E-state index contributed by atoms with van der Waals surface area (Å²) < 4.78 is 4.93. The summed E-state index contributed by atoms with van der Waals surface area (Å²) in [4.78, 5) is 0. The Labute approximate surface area is 82.2 Å². The van der Waals surface area contributed by atoms with Gasteiger partial charge in [-0.15, -0.1) is 0 Å². The third-order valence-corrected chi connectivity index (χ3v) is 0.572. The van der Waals surface area contributed by atoms with Crippen molar-refractivity contribution in [3.8, 4) is 0 Å². The van der Waals surface area contributed by atoms with Crippen LogP contribution in [-0.4, -0.2) is 40.5 Å². The van der Waals surface area contributed by atoms with Gasteiger partial charge in [0.15, 0.2) is 0 Å². The van der Waals surface area contributed by atoms with Gasteiger partial charge < -0.3 is 4.74 Å². The molecule has 0 rings (SSSR count). The van der Waals surface area contributed by atoms with E-state index in [2.05, 4.69) is 36.2 Å². The minimum atomic E-state index is 0. The van der Waals surface area contributed by atoms with E-state index in [4.69, 9.17) is 0 Å². The zero-order chi connectivity index (χ0) is 5.70. The van der Waals surface area contributed by atoms with Crippen LogP contribution < -0.4 is 0 Å². The van der Waals surface area contributed by atoms with E-state index in [1.807, 2.05) is 0 Å². The first-order valence-electron chi connectivity index (χ1n) is 1.74. The van der Waals surface area contributed by atoms with E-state index in [1.165, 1.54) is 0 Å². The van der Waals surface area contributed by atoms with Gasteiger partial charge in [-0.3, -0.25) is 0 Å². The SMILES string of the molecule is C=CCOC(=S)S.[NaH]. The van der Waals surface area contributed by atoms with Crippen molar-refractivity contribution >= 4 is 58.8 Å². The predicted molar refractivity (Wildman–Crippen MR) is 44.9 cm³/mol. The third-order valence-electron chi connectivity index (χ3n) is 0.325. The Morgan fingerprint density at radius 3 is 2.50 bits per heavy atom. The number of thiol groups is 1. The van der Waals surface area contributed by atoms with Crippen LogP contribution in [0.1, 0.15) is 0 Å². The molecule has 0 heterocycles. The summed E-state index contributed by atoms with van der Waals surface area (Å²) in [5, 5.41) is 0. The molecule has 0 fully saturated rings. The molecule has 0 saturated carbocycles. The van der Waals surface area contributed by atoms with Gasteiger partial charge in [-0.2, -0.15) is 0 Å². The summed E-state index contributed by atoms with van der Waals surface area (Å²) in [5.41, 5.74) is 0. The van der Waals surface area contributed by atoms with Crippen LogP contribution in [0, 0.1) is 0 Å². The summed E-state index contributed by atoms with van der Waals surface area (Å²) >= 11 is 8.15. The molecular weight excluding hydrogens is 151 g/mol. The average molecular weight is 158 g/mol. The number of thiocarbonyl (C=S) groups is 1. The topological polar surface area (TPSA) is 9.23 Å². The molecule has 0 aromatic heterocycles. The molecule has 0 spiro atoms. The van der Waals surface area contributed by atoms with E-state index < -0.39 is 0 Å². The number of hydrogen-bond donors (Lipinski definition) is 1. The van der Waals surface area contributed by atoms with E-state index in [9.17, 15) is 0 Å². The van der Waals surface area contributed by atoms with Crippen molar-refractivity contribution in [2.45, 2.75) is 0 Å². The van der Waals surface area contributed by atoms with E-state index >= 15 is 0 Å². The number of hydrogen-bond acceptors (Lipinski definition) is 2. The van der Waals surface area contributed by atoms with Crippen molar-refractivity contribution in [2.24, 2.45) is 0 Å². The van der Waals surface area contributed by atoms with E-state index in [0.29, 0.717) is 6.61 Å². The van der Waals surface area contributed by atoms with Crippen LogP contribution in [0.5, 0.6) is 0 Å². The molecule has 0 aliphatic carbocycles. The van der Waals surface area contributed by atoms with Gasteiger partial charge in [0.05, 0.1) is 0 Å². The van der Waals surface area contributed by atoms with Crippen LogP contribution in [-0.2, 0) is 4.74 Å². The maximum atomic E-state index is 4.67. The van der Waals surface area contributed by atoms with E-state index in [1.54, 1.807) is 6.08 Å². The quantitative estimate of drug-likeness (QED) is 0.275. The second-order valence-electron chi connectivity index (χ2n) is 0.866. The van der Waals surface area contributed by atoms with Gasteiger partial charge in [-0.1, -0.05) is 25.3 Å². The van der Waals surface area contributed by atoms with Crippen molar-refractivity contribution in [3.05, 3.63) is 12.7 Å². The molecule has 1 nitrogen and oxygen atoms in total. The Morgan fingerprint density at radius 2 is 2.38 bits per heavy atom. The molecule has 8 heavy (non-hydrogen) atoms.